The van der Waals surface area contributed by atoms with Crippen LogP contribution in [0.3, 0.4) is 0 Å². The van der Waals surface area contributed by atoms with Gasteiger partial charge in [-0.2, -0.15) is 0 Å². The number of esters is 1. The van der Waals surface area contributed by atoms with E-state index in [1.807, 2.05) is 0 Å². The standard InChI is InChI=1S/C12H11N3O2/c1-17-12(16)9-2-4-10(5-3-9)15-11-8-13-6-7-14-11/h2-8H,1H3,(H,14,15). The van der Waals surface area contributed by atoms with Gasteiger partial charge in [-0.25, -0.2) is 9.78 Å². The predicted octanol–water partition coefficient (Wildman–Crippen LogP) is 2.01. The molecule has 2 rings (SSSR count). The first-order valence-corrected chi connectivity index (χ1v) is 5.01. The number of benzene rings is 1. The van der Waals surface area contributed by atoms with Crippen LogP contribution in [-0.4, -0.2) is 23.0 Å². The summed E-state index contributed by atoms with van der Waals surface area (Å²) in [4.78, 5) is 19.2. The van der Waals surface area contributed by atoms with Gasteiger partial charge in [0.25, 0.3) is 0 Å². The lowest BCUT2D eigenvalue weighted by Gasteiger charge is -2.05. The molecule has 0 spiro atoms. The van der Waals surface area contributed by atoms with Crippen LogP contribution in [0.1, 0.15) is 10.4 Å². The highest BCUT2D eigenvalue weighted by molar-refractivity contribution is 5.89. The molecule has 0 aliphatic rings. The van der Waals surface area contributed by atoms with Gasteiger partial charge in [0.05, 0.1) is 18.9 Å². The van der Waals surface area contributed by atoms with Gasteiger partial charge in [-0.3, -0.25) is 4.98 Å². The van der Waals surface area contributed by atoms with Crippen molar-refractivity contribution in [3.63, 3.8) is 0 Å². The van der Waals surface area contributed by atoms with E-state index in [-0.39, 0.29) is 5.97 Å². The van der Waals surface area contributed by atoms with Crippen molar-refractivity contribution >= 4 is 17.5 Å². The highest BCUT2D eigenvalue weighted by Gasteiger charge is 2.04. The zero-order valence-corrected chi connectivity index (χ0v) is 9.25. The van der Waals surface area contributed by atoms with Crippen molar-refractivity contribution in [2.45, 2.75) is 0 Å². The Bertz CT molecular complexity index is 497. The molecule has 0 amide bonds. The minimum atomic E-state index is -0.351. The van der Waals surface area contributed by atoms with Gasteiger partial charge >= 0.3 is 5.97 Å². The summed E-state index contributed by atoms with van der Waals surface area (Å²) in [5.74, 6) is 0.300. The van der Waals surface area contributed by atoms with E-state index in [4.69, 9.17) is 0 Å². The first-order valence-electron chi connectivity index (χ1n) is 5.01. The summed E-state index contributed by atoms with van der Waals surface area (Å²) in [6.07, 6.45) is 4.82. The number of methoxy groups -OCH3 is 1. The smallest absolute Gasteiger partial charge is 0.337 e. The maximum absolute atomic E-state index is 11.2. The second-order valence-corrected chi connectivity index (χ2v) is 3.28. The van der Waals surface area contributed by atoms with Crippen molar-refractivity contribution in [1.29, 1.82) is 0 Å². The van der Waals surface area contributed by atoms with Gasteiger partial charge in [-0.1, -0.05) is 0 Å². The minimum Gasteiger partial charge on any atom is -0.465 e. The molecule has 0 unspecified atom stereocenters. The lowest BCUT2D eigenvalue weighted by Crippen LogP contribution is -2.01. The van der Waals surface area contributed by atoms with Crippen LogP contribution in [0.25, 0.3) is 0 Å². The van der Waals surface area contributed by atoms with Crippen molar-refractivity contribution in [1.82, 2.24) is 9.97 Å². The average Bonchev–Trinajstić information content (AvgIpc) is 2.40. The van der Waals surface area contributed by atoms with E-state index >= 15 is 0 Å². The molecule has 1 heterocycles. The Labute approximate surface area is 98.5 Å². The van der Waals surface area contributed by atoms with Crippen LogP contribution in [0.15, 0.2) is 42.9 Å². The Kier molecular flexibility index (Phi) is 3.30. The summed E-state index contributed by atoms with van der Waals surface area (Å²) in [5, 5.41) is 3.06. The van der Waals surface area contributed by atoms with Gasteiger partial charge in [-0.05, 0) is 24.3 Å². The van der Waals surface area contributed by atoms with Crippen LogP contribution in [0, 0.1) is 0 Å². The Balaban J connectivity index is 2.11. The molecule has 0 atom stereocenters. The highest BCUT2D eigenvalue weighted by Crippen LogP contribution is 2.14. The molecule has 86 valence electrons. The lowest BCUT2D eigenvalue weighted by atomic mass is 10.2. The zero-order valence-electron chi connectivity index (χ0n) is 9.25. The first-order chi connectivity index (χ1) is 8.29. The Morgan fingerprint density at radius 2 is 2.00 bits per heavy atom. The number of nitrogens with one attached hydrogen (secondary N) is 1. The molecule has 0 radical (unpaired) electrons. The van der Waals surface area contributed by atoms with E-state index in [9.17, 15) is 4.79 Å². The van der Waals surface area contributed by atoms with Gasteiger partial charge in [0.1, 0.15) is 5.82 Å². The zero-order chi connectivity index (χ0) is 12.1. The molecule has 0 bridgehead atoms. The fraction of sp³-hybridized carbons (Fsp3) is 0.0833. The molecular formula is C12H11N3O2. The summed E-state index contributed by atoms with van der Waals surface area (Å²) in [6.45, 7) is 0. The molecule has 1 N–H and O–H groups in total. The van der Waals surface area contributed by atoms with Crippen LogP contribution >= 0.6 is 0 Å². The third-order valence-electron chi connectivity index (χ3n) is 2.14. The minimum absolute atomic E-state index is 0.351. The summed E-state index contributed by atoms with van der Waals surface area (Å²) < 4.78 is 4.61. The molecule has 0 fully saturated rings. The Hall–Kier alpha value is -2.43. The highest BCUT2D eigenvalue weighted by atomic mass is 16.5. The van der Waals surface area contributed by atoms with Gasteiger partial charge in [-0.15, -0.1) is 0 Å². The predicted molar refractivity (Wildman–Crippen MR) is 63.1 cm³/mol. The number of hydrogen-bond acceptors (Lipinski definition) is 5. The van der Waals surface area contributed by atoms with E-state index in [2.05, 4.69) is 20.0 Å². The largest absolute Gasteiger partial charge is 0.465 e. The Morgan fingerprint density at radius 3 is 2.59 bits per heavy atom. The number of rotatable bonds is 3. The maximum Gasteiger partial charge on any atom is 0.337 e. The van der Waals surface area contributed by atoms with Crippen LogP contribution in [0.4, 0.5) is 11.5 Å². The summed E-state index contributed by atoms with van der Waals surface area (Å²) in [6, 6.07) is 6.93. The quantitative estimate of drug-likeness (QED) is 0.815. The summed E-state index contributed by atoms with van der Waals surface area (Å²) >= 11 is 0. The fourth-order valence-corrected chi connectivity index (χ4v) is 1.32. The van der Waals surface area contributed by atoms with Gasteiger partial charge in [0, 0.05) is 18.1 Å². The van der Waals surface area contributed by atoms with Gasteiger partial charge < -0.3 is 10.1 Å². The second-order valence-electron chi connectivity index (χ2n) is 3.28. The molecule has 5 nitrogen and oxygen atoms in total. The van der Waals surface area contributed by atoms with Crippen molar-refractivity contribution in [2.24, 2.45) is 0 Å². The summed E-state index contributed by atoms with van der Waals surface area (Å²) in [5.41, 5.74) is 1.34. The number of hydrogen-bond donors (Lipinski definition) is 1. The van der Waals surface area contributed by atoms with Crippen LogP contribution in [-0.2, 0) is 4.74 Å². The number of carbonyl (C=O) groups is 1. The van der Waals surface area contributed by atoms with Crippen LogP contribution in [0.5, 0.6) is 0 Å². The van der Waals surface area contributed by atoms with E-state index in [1.54, 1.807) is 42.9 Å². The fourth-order valence-electron chi connectivity index (χ4n) is 1.32. The molecule has 5 heteroatoms. The molecule has 0 saturated carbocycles. The van der Waals surface area contributed by atoms with E-state index in [0.29, 0.717) is 11.4 Å². The lowest BCUT2D eigenvalue weighted by molar-refractivity contribution is 0.0601. The normalized spacial score (nSPS) is 9.71. The first kappa shape index (κ1) is 11.1. The third kappa shape index (κ3) is 2.78. The van der Waals surface area contributed by atoms with Crippen molar-refractivity contribution in [3.8, 4) is 0 Å². The van der Waals surface area contributed by atoms with E-state index in [1.165, 1.54) is 7.11 Å². The number of nitrogens with zero attached hydrogens (tertiary/aromatic N) is 2. The number of carbonyl (C=O) groups excluding carboxylic acids is 1. The average molecular weight is 229 g/mol. The molecule has 1 aromatic heterocycles. The number of ether oxygens (including phenoxy) is 1. The van der Waals surface area contributed by atoms with Crippen molar-refractivity contribution < 1.29 is 9.53 Å². The Morgan fingerprint density at radius 1 is 1.24 bits per heavy atom. The molecule has 0 saturated heterocycles. The molecule has 2 aromatic rings. The van der Waals surface area contributed by atoms with E-state index < -0.39 is 0 Å². The number of aromatic nitrogens is 2. The maximum atomic E-state index is 11.2. The van der Waals surface area contributed by atoms with Crippen molar-refractivity contribution in [2.75, 3.05) is 12.4 Å². The SMILES string of the molecule is COC(=O)c1ccc(Nc2cnccn2)cc1. The molecule has 0 aliphatic carbocycles. The van der Waals surface area contributed by atoms with Crippen LogP contribution in [0.2, 0.25) is 0 Å². The molecular weight excluding hydrogens is 218 g/mol. The van der Waals surface area contributed by atoms with Gasteiger partial charge in [0.15, 0.2) is 0 Å². The topological polar surface area (TPSA) is 64.1 Å². The van der Waals surface area contributed by atoms with Gasteiger partial charge in [0.2, 0.25) is 0 Å². The molecule has 0 aliphatic heterocycles. The van der Waals surface area contributed by atoms with Crippen molar-refractivity contribution in [3.05, 3.63) is 48.4 Å². The molecule has 1 aromatic carbocycles. The van der Waals surface area contributed by atoms with E-state index in [0.717, 1.165) is 5.69 Å². The molecule has 17 heavy (non-hydrogen) atoms. The summed E-state index contributed by atoms with van der Waals surface area (Å²) in [7, 11) is 1.36. The second kappa shape index (κ2) is 5.07. The van der Waals surface area contributed by atoms with Crippen LogP contribution < -0.4 is 5.32 Å². The monoisotopic (exact) mass is 229 g/mol. The third-order valence-corrected chi connectivity index (χ3v) is 2.14. The number of anilines is 2.